The first-order valence-electron chi connectivity index (χ1n) is 34.2. The van der Waals surface area contributed by atoms with E-state index in [0.717, 1.165) is 0 Å². The number of aliphatic hydroxyl groups excluding tert-OH is 59. The molecule has 59 N–H and O–H groups in total. The van der Waals surface area contributed by atoms with E-state index in [-0.39, 0.29) is 0 Å². The minimum absolute atomic E-state index is 0.526. The molecule has 59 nitrogen and oxygen atoms in total. The lowest BCUT2D eigenvalue weighted by atomic mass is 10.0. The topological polar surface area (TPSA) is 1190 Å². The van der Waals surface area contributed by atoms with E-state index in [1.807, 2.05) is 0 Å². The van der Waals surface area contributed by atoms with Gasteiger partial charge in [-0.25, -0.2) is 0 Å². The first kappa shape index (κ1) is 139. The van der Waals surface area contributed by atoms with Crippen LogP contribution < -0.4 is 0 Å². The van der Waals surface area contributed by atoms with Gasteiger partial charge in [0.2, 0.25) is 0 Å². The fourth-order valence-electron chi connectivity index (χ4n) is 5.93. The summed E-state index contributed by atoms with van der Waals surface area (Å²) in [6.07, 6.45) is -56.1. The average molecular weight is 1790 g/mol. The van der Waals surface area contributed by atoms with Crippen LogP contribution in [-0.4, -0.2) is 672 Å². The summed E-state index contributed by atoms with van der Waals surface area (Å²) in [6.45, 7) is -14.7. The first-order valence-corrected chi connectivity index (χ1v) is 34.2. The Hall–Kier alpha value is -2.36. The molecule has 0 rings (SSSR count). The molecule has 0 aliphatic carbocycles. The summed E-state index contributed by atoms with van der Waals surface area (Å²) in [6, 6.07) is 0. The van der Waals surface area contributed by atoms with Gasteiger partial charge in [0.05, 0.1) is 145 Å². The second-order valence-electron chi connectivity index (χ2n) is 23.9. The van der Waals surface area contributed by atoms with Gasteiger partial charge in [0.15, 0.2) is 0 Å². The molecular formula is C59H140O59. The van der Waals surface area contributed by atoms with Crippen LogP contribution >= 0.6 is 0 Å². The zero-order valence-corrected chi connectivity index (χ0v) is 63.3. The van der Waals surface area contributed by atoms with Crippen molar-refractivity contribution in [2.75, 3.05) is 145 Å². The highest BCUT2D eigenvalue weighted by molar-refractivity contribution is 4.85. The van der Waals surface area contributed by atoms with Gasteiger partial charge in [-0.2, -0.15) is 0 Å². The van der Waals surface area contributed by atoms with Crippen molar-refractivity contribution in [2.45, 2.75) is 226 Å². The van der Waals surface area contributed by atoms with Gasteiger partial charge in [0, 0.05) is 0 Å². The van der Waals surface area contributed by atoms with Crippen LogP contribution in [0.3, 0.4) is 0 Å². The Kier molecular flexibility index (Phi) is 102. The largest absolute Gasteiger partial charge is 0.394 e. The van der Waals surface area contributed by atoms with E-state index in [1.165, 1.54) is 0 Å². The summed E-state index contributed by atoms with van der Waals surface area (Å²) in [5.74, 6) is 0. The highest BCUT2D eigenvalue weighted by atomic mass is 16.5. The Morgan fingerprint density at radius 1 is 0.0678 bits per heavy atom. The number of rotatable bonds is 48. The van der Waals surface area contributed by atoms with Crippen molar-refractivity contribution >= 4 is 0 Å². The Balaban J connectivity index is -0.000000119. The second-order valence-corrected chi connectivity index (χ2v) is 23.9. The summed E-state index contributed by atoms with van der Waals surface area (Å²) in [5, 5.41) is 507. The quantitative estimate of drug-likeness (QED) is 0.0269. The molecule has 59 heteroatoms. The molecule has 0 bridgehead atoms. The summed E-state index contributed by atoms with van der Waals surface area (Å²) >= 11 is 0. The molecule has 0 aromatic carbocycles. The molecule has 0 heterocycles. The maximum absolute atomic E-state index is 8.96. The SMILES string of the molecule is OCC(O)C(O)C(O)C(O)CO.OCC(O)C(O)C(O)C(O)CO.OCC(O)C(O)C(O)C(O)CO.OCC(O)C(O)C(O)C(O)CO.OCC(O)C(O)C(O)C(O)CO.OCC(O)C(O)C(O)C(O)CO.OCC(O)C(O)C(O)CO.OCC(O)C(O)C(O)CO.OCC(O)C(O)C(O)CO.OCC(O)C(O)CO.OCC(O)C(O)CO. The lowest BCUT2D eigenvalue weighted by Gasteiger charge is -2.24. The van der Waals surface area contributed by atoms with E-state index in [1.54, 1.807) is 0 Å². The summed E-state index contributed by atoms with van der Waals surface area (Å²) < 4.78 is 0. The normalized spacial score (nSPS) is 20.7. The Morgan fingerprint density at radius 3 is 0.153 bits per heavy atom. The van der Waals surface area contributed by atoms with Gasteiger partial charge in [-0.15, -0.1) is 0 Å². The molecule has 0 aliphatic rings. The standard InChI is InChI=1S/6C6H14O6.3C5H12O5.2C4H10O4/c6*7-1-3(9)5(11)6(12)4(10)2-8;3*6-1-3(8)5(10)4(9)2-7;2*5-1-3(7)4(8)2-6/h6*3-12H,1-2H2;3*3-10H,1-2H2;2*3-8H,1-2H2. The summed E-state index contributed by atoms with van der Waals surface area (Å²) in [4.78, 5) is 0. The van der Waals surface area contributed by atoms with Gasteiger partial charge in [0.25, 0.3) is 0 Å². The van der Waals surface area contributed by atoms with E-state index in [4.69, 9.17) is 301 Å². The molecule has 0 radical (unpaired) electrons. The van der Waals surface area contributed by atoms with Gasteiger partial charge >= 0.3 is 0 Å². The fraction of sp³-hybridized carbons (Fsp3) is 1.00. The molecule has 0 saturated heterocycles. The Morgan fingerprint density at radius 2 is 0.110 bits per heavy atom. The minimum atomic E-state index is -1.67. The predicted molar refractivity (Wildman–Crippen MR) is 378 cm³/mol. The third kappa shape index (κ3) is 68.0. The third-order valence-corrected chi connectivity index (χ3v) is 14.2. The monoisotopic (exact) mass is 1790 g/mol. The zero-order valence-electron chi connectivity index (χ0n) is 63.3. The maximum Gasteiger partial charge on any atom is 0.111 e. The molecule has 0 amide bonds. The van der Waals surface area contributed by atoms with Crippen molar-refractivity contribution in [1.29, 1.82) is 0 Å². The molecule has 118 heavy (non-hydrogen) atoms. The van der Waals surface area contributed by atoms with Crippen molar-refractivity contribution in [3.05, 3.63) is 0 Å². The molecule has 0 aromatic heterocycles. The third-order valence-electron chi connectivity index (χ3n) is 14.2. The highest BCUT2D eigenvalue weighted by Crippen LogP contribution is 2.10. The van der Waals surface area contributed by atoms with E-state index in [2.05, 4.69) is 0 Å². The molecule has 0 fully saturated rings. The smallest absolute Gasteiger partial charge is 0.111 e. The fourth-order valence-corrected chi connectivity index (χ4v) is 5.93. The van der Waals surface area contributed by atoms with Crippen LogP contribution in [0.25, 0.3) is 0 Å². The summed E-state index contributed by atoms with van der Waals surface area (Å²) in [5.41, 5.74) is 0. The molecule has 0 spiro atoms. The van der Waals surface area contributed by atoms with Crippen LogP contribution in [0.15, 0.2) is 0 Å². The number of aliphatic hydroxyl groups is 59. The maximum atomic E-state index is 8.96. The molecule has 0 saturated carbocycles. The van der Waals surface area contributed by atoms with Crippen molar-refractivity contribution in [3.63, 3.8) is 0 Å². The Labute approximate surface area is 671 Å². The molecule has 0 aromatic rings. The van der Waals surface area contributed by atoms with Crippen molar-refractivity contribution in [1.82, 2.24) is 0 Å². The zero-order chi connectivity index (χ0) is 95.9. The molecular weight excluding hydrogens is 1650 g/mol. The van der Waals surface area contributed by atoms with Gasteiger partial charge in [0.1, 0.15) is 226 Å². The van der Waals surface area contributed by atoms with Crippen LogP contribution in [0.5, 0.6) is 0 Å². The van der Waals surface area contributed by atoms with Crippen LogP contribution in [0, 0.1) is 0 Å². The van der Waals surface area contributed by atoms with E-state index < -0.39 is 371 Å². The average Bonchev–Trinajstić information content (AvgIpc) is 0.922. The molecule has 0 aliphatic heterocycles. The van der Waals surface area contributed by atoms with Crippen molar-refractivity contribution in [3.8, 4) is 0 Å². The second kappa shape index (κ2) is 86.7. The van der Waals surface area contributed by atoms with E-state index in [9.17, 15) is 0 Å². The molecule has 730 valence electrons. The van der Waals surface area contributed by atoms with Gasteiger partial charge in [-0.1, -0.05) is 0 Å². The number of hydrogen-bond acceptors (Lipinski definition) is 59. The Bertz CT molecular complexity index is 1580. The van der Waals surface area contributed by atoms with Crippen LogP contribution in [-0.2, 0) is 0 Å². The molecule has 34 unspecified atom stereocenters. The van der Waals surface area contributed by atoms with E-state index >= 15 is 0 Å². The van der Waals surface area contributed by atoms with Crippen LogP contribution in [0.4, 0.5) is 0 Å². The molecule has 34 atom stereocenters. The van der Waals surface area contributed by atoms with Crippen molar-refractivity contribution in [2.24, 2.45) is 0 Å². The lowest BCUT2D eigenvalue weighted by Crippen LogP contribution is -2.46. The highest BCUT2D eigenvalue weighted by Gasteiger charge is 2.35. The number of hydrogen-bond donors (Lipinski definition) is 59. The first-order chi connectivity index (χ1) is 54.6. The van der Waals surface area contributed by atoms with Crippen LogP contribution in [0.2, 0.25) is 0 Å². The van der Waals surface area contributed by atoms with E-state index in [0.29, 0.717) is 0 Å². The predicted octanol–water partition coefficient (Wildman–Crippen LogP) is -35.0. The van der Waals surface area contributed by atoms with Crippen LogP contribution in [0.1, 0.15) is 0 Å². The van der Waals surface area contributed by atoms with Gasteiger partial charge in [-0.05, 0) is 0 Å². The van der Waals surface area contributed by atoms with Gasteiger partial charge < -0.3 is 301 Å². The minimum Gasteiger partial charge on any atom is -0.394 e. The summed E-state index contributed by atoms with van der Waals surface area (Å²) in [7, 11) is 0. The van der Waals surface area contributed by atoms with Gasteiger partial charge in [-0.3, -0.25) is 0 Å². The lowest BCUT2D eigenvalue weighted by molar-refractivity contribution is -0.123. The van der Waals surface area contributed by atoms with Crippen molar-refractivity contribution < 1.29 is 301 Å².